The van der Waals surface area contributed by atoms with Gasteiger partial charge in [0.1, 0.15) is 11.9 Å². The van der Waals surface area contributed by atoms with Crippen molar-refractivity contribution in [3.8, 4) is 0 Å². The Morgan fingerprint density at radius 3 is 2.58 bits per heavy atom. The number of hydrogen-bond donors (Lipinski definition) is 1. The molecule has 2 amide bonds. The molecule has 1 aromatic heterocycles. The van der Waals surface area contributed by atoms with E-state index in [2.05, 4.69) is 21.3 Å². The van der Waals surface area contributed by atoms with Crippen LogP contribution in [0, 0.1) is 12.7 Å². The Kier molecular flexibility index (Phi) is 5.92. The summed E-state index contributed by atoms with van der Waals surface area (Å²) < 4.78 is 20.2. The molecule has 2 aliphatic rings. The molecule has 164 valence electrons. The number of piperazine rings is 1. The molecule has 4 rings (SSSR count). The van der Waals surface area contributed by atoms with E-state index in [-0.39, 0.29) is 24.8 Å². The first-order valence-electron chi connectivity index (χ1n) is 10.4. The molecule has 2 aromatic rings. The van der Waals surface area contributed by atoms with Crippen molar-refractivity contribution >= 4 is 29.1 Å². The van der Waals surface area contributed by atoms with Gasteiger partial charge in [-0.25, -0.2) is 9.18 Å². The second-order valence-electron chi connectivity index (χ2n) is 7.82. The fraction of sp³-hybridized carbons (Fsp3) is 0.409. The molecule has 0 spiro atoms. The second kappa shape index (κ2) is 8.79. The molecule has 1 atom stereocenters. The summed E-state index contributed by atoms with van der Waals surface area (Å²) in [5.74, 6) is -0.562. The third-order valence-electron chi connectivity index (χ3n) is 5.56. The van der Waals surface area contributed by atoms with Crippen LogP contribution in [0.4, 0.5) is 26.2 Å². The van der Waals surface area contributed by atoms with Gasteiger partial charge in [-0.2, -0.15) is 0 Å². The Bertz CT molecular complexity index is 977. The monoisotopic (exact) mass is 427 g/mol. The third-order valence-corrected chi connectivity index (χ3v) is 5.56. The normalized spacial score (nSPS) is 18.9. The molecule has 0 aliphatic carbocycles. The van der Waals surface area contributed by atoms with Crippen LogP contribution in [0.2, 0.25) is 0 Å². The van der Waals surface area contributed by atoms with E-state index in [9.17, 15) is 14.0 Å². The molecule has 0 radical (unpaired) electrons. The zero-order valence-corrected chi connectivity index (χ0v) is 17.7. The quantitative estimate of drug-likeness (QED) is 0.789. The highest BCUT2D eigenvalue weighted by Crippen LogP contribution is 2.29. The van der Waals surface area contributed by atoms with Crippen LogP contribution in [0.5, 0.6) is 0 Å². The van der Waals surface area contributed by atoms with Crippen LogP contribution in [-0.2, 0) is 9.53 Å². The molecule has 9 heteroatoms. The SMILES string of the molecule is CC(=O)NCC1CN(c2ccc(N3CCN(c4ccnc(C)c4)CC3)c(F)c2)C(=O)O1. The van der Waals surface area contributed by atoms with Crippen molar-refractivity contribution < 1.29 is 18.7 Å². The van der Waals surface area contributed by atoms with Crippen LogP contribution in [-0.4, -0.2) is 62.4 Å². The van der Waals surface area contributed by atoms with Crippen molar-refractivity contribution in [1.82, 2.24) is 10.3 Å². The number of nitrogens with zero attached hydrogens (tertiary/aromatic N) is 4. The summed E-state index contributed by atoms with van der Waals surface area (Å²) in [6.45, 7) is 6.84. The third kappa shape index (κ3) is 4.70. The van der Waals surface area contributed by atoms with Crippen LogP contribution in [0.1, 0.15) is 12.6 Å². The minimum Gasteiger partial charge on any atom is -0.442 e. The molecule has 31 heavy (non-hydrogen) atoms. The van der Waals surface area contributed by atoms with Crippen LogP contribution in [0.25, 0.3) is 0 Å². The summed E-state index contributed by atoms with van der Waals surface area (Å²) in [6, 6.07) is 8.87. The maximum absolute atomic E-state index is 14.9. The summed E-state index contributed by atoms with van der Waals surface area (Å²) in [5.41, 5.74) is 3.07. The van der Waals surface area contributed by atoms with Gasteiger partial charge in [0.25, 0.3) is 0 Å². The molecular weight excluding hydrogens is 401 g/mol. The van der Waals surface area contributed by atoms with Gasteiger partial charge < -0.3 is 19.9 Å². The molecule has 2 aliphatic heterocycles. The van der Waals surface area contributed by atoms with Crippen molar-refractivity contribution in [3.63, 3.8) is 0 Å². The lowest BCUT2D eigenvalue weighted by Crippen LogP contribution is -2.46. The van der Waals surface area contributed by atoms with Gasteiger partial charge in [0.15, 0.2) is 0 Å². The smallest absolute Gasteiger partial charge is 0.414 e. The van der Waals surface area contributed by atoms with Crippen LogP contribution < -0.4 is 20.0 Å². The van der Waals surface area contributed by atoms with Gasteiger partial charge in [-0.15, -0.1) is 0 Å². The van der Waals surface area contributed by atoms with Gasteiger partial charge in [-0.1, -0.05) is 0 Å². The molecule has 0 saturated carbocycles. The van der Waals surface area contributed by atoms with Crippen molar-refractivity contribution in [2.75, 3.05) is 54.0 Å². The molecule has 8 nitrogen and oxygen atoms in total. The number of ether oxygens (including phenoxy) is 1. The van der Waals surface area contributed by atoms with Gasteiger partial charge >= 0.3 is 6.09 Å². The Labute approximate surface area is 180 Å². The number of aryl methyl sites for hydroxylation is 1. The number of amides is 2. The lowest BCUT2D eigenvalue weighted by atomic mass is 10.2. The number of aromatic nitrogens is 1. The summed E-state index contributed by atoms with van der Waals surface area (Å²) in [4.78, 5) is 33.1. The van der Waals surface area contributed by atoms with Crippen molar-refractivity contribution in [3.05, 3.63) is 48.0 Å². The minimum atomic E-state index is -0.538. The zero-order chi connectivity index (χ0) is 22.0. The standard InChI is InChI=1S/C22H26FN5O3/c1-15-11-17(5-6-24-15)26-7-9-27(10-8-26)21-4-3-18(12-20(21)23)28-14-19(31-22(28)30)13-25-16(2)29/h3-6,11-12,19H,7-10,13-14H2,1-2H3,(H,25,29). The first-order valence-corrected chi connectivity index (χ1v) is 10.4. The van der Waals surface area contributed by atoms with E-state index in [0.717, 1.165) is 24.5 Å². The van der Waals surface area contributed by atoms with Crippen LogP contribution in [0.3, 0.4) is 0 Å². The fourth-order valence-electron chi connectivity index (χ4n) is 3.95. The second-order valence-corrected chi connectivity index (χ2v) is 7.82. The molecule has 1 aromatic carbocycles. The number of rotatable bonds is 5. The summed E-state index contributed by atoms with van der Waals surface area (Å²) in [7, 11) is 0. The predicted molar refractivity (Wildman–Crippen MR) is 116 cm³/mol. The highest BCUT2D eigenvalue weighted by molar-refractivity contribution is 5.90. The zero-order valence-electron chi connectivity index (χ0n) is 17.7. The number of halogens is 1. The predicted octanol–water partition coefficient (Wildman–Crippen LogP) is 2.32. The topological polar surface area (TPSA) is 78.0 Å². The van der Waals surface area contributed by atoms with Gasteiger partial charge in [0.2, 0.25) is 5.91 Å². The van der Waals surface area contributed by atoms with E-state index in [0.29, 0.717) is 24.5 Å². The van der Waals surface area contributed by atoms with E-state index in [1.54, 1.807) is 18.3 Å². The fourth-order valence-corrected chi connectivity index (χ4v) is 3.95. The van der Waals surface area contributed by atoms with E-state index < -0.39 is 12.2 Å². The number of cyclic esters (lactones) is 1. The molecule has 0 bridgehead atoms. The summed E-state index contributed by atoms with van der Waals surface area (Å²) in [5, 5.41) is 2.63. The highest BCUT2D eigenvalue weighted by Gasteiger charge is 2.33. The number of anilines is 3. The number of nitrogens with one attached hydrogen (secondary N) is 1. The average Bonchev–Trinajstić information content (AvgIpc) is 3.13. The van der Waals surface area contributed by atoms with Crippen molar-refractivity contribution in [2.45, 2.75) is 20.0 Å². The lowest BCUT2D eigenvalue weighted by Gasteiger charge is -2.37. The van der Waals surface area contributed by atoms with Gasteiger partial charge in [0, 0.05) is 50.7 Å². The van der Waals surface area contributed by atoms with Gasteiger partial charge in [-0.3, -0.25) is 14.7 Å². The molecule has 2 fully saturated rings. The van der Waals surface area contributed by atoms with Crippen LogP contribution in [0.15, 0.2) is 36.5 Å². The first kappa shape index (κ1) is 20.9. The first-order chi connectivity index (χ1) is 14.9. The Hall–Kier alpha value is -3.36. The van der Waals surface area contributed by atoms with Crippen molar-refractivity contribution in [2.24, 2.45) is 0 Å². The number of benzene rings is 1. The van der Waals surface area contributed by atoms with Gasteiger partial charge in [-0.05, 0) is 37.3 Å². The molecule has 1 N–H and O–H groups in total. The van der Waals surface area contributed by atoms with E-state index >= 15 is 0 Å². The molecular formula is C22H26FN5O3. The van der Waals surface area contributed by atoms with Gasteiger partial charge in [0.05, 0.1) is 24.5 Å². The Balaban J connectivity index is 1.39. The summed E-state index contributed by atoms with van der Waals surface area (Å²) in [6.07, 6.45) is 0.812. The molecule has 2 saturated heterocycles. The summed E-state index contributed by atoms with van der Waals surface area (Å²) >= 11 is 0. The molecule has 3 heterocycles. The average molecular weight is 427 g/mol. The number of carbonyl (C=O) groups is 2. The highest BCUT2D eigenvalue weighted by atomic mass is 19.1. The number of hydrogen-bond acceptors (Lipinski definition) is 6. The molecule has 1 unspecified atom stereocenters. The largest absolute Gasteiger partial charge is 0.442 e. The van der Waals surface area contributed by atoms with Crippen molar-refractivity contribution in [1.29, 1.82) is 0 Å². The maximum Gasteiger partial charge on any atom is 0.414 e. The number of pyridine rings is 1. The minimum absolute atomic E-state index is 0.191. The van der Waals surface area contributed by atoms with E-state index in [1.807, 2.05) is 17.9 Å². The Morgan fingerprint density at radius 1 is 1.16 bits per heavy atom. The number of carbonyl (C=O) groups excluding carboxylic acids is 2. The van der Waals surface area contributed by atoms with E-state index in [1.165, 1.54) is 17.9 Å². The lowest BCUT2D eigenvalue weighted by molar-refractivity contribution is -0.119. The van der Waals surface area contributed by atoms with Crippen LogP contribution >= 0.6 is 0 Å². The Morgan fingerprint density at radius 2 is 1.90 bits per heavy atom. The maximum atomic E-state index is 14.9. The van der Waals surface area contributed by atoms with E-state index in [4.69, 9.17) is 4.74 Å².